The zero-order valence-electron chi connectivity index (χ0n) is 12.7. The van der Waals surface area contributed by atoms with E-state index in [-0.39, 0.29) is 6.61 Å². The highest BCUT2D eigenvalue weighted by Gasteiger charge is 2.14. The molecule has 2 unspecified atom stereocenters. The van der Waals surface area contributed by atoms with Crippen LogP contribution in [0.3, 0.4) is 0 Å². The minimum atomic E-state index is -0.769. The molecule has 0 rings (SSSR count). The fourth-order valence-corrected chi connectivity index (χ4v) is 1.83. The number of unbranched alkanes of at least 4 members (excludes halogenated alkanes) is 2. The van der Waals surface area contributed by atoms with E-state index in [1.54, 1.807) is 0 Å². The van der Waals surface area contributed by atoms with Crippen LogP contribution in [-0.4, -0.2) is 36.4 Å². The molecular formula is C13H27N3O5. The lowest BCUT2D eigenvalue weighted by molar-refractivity contribution is -0.768. The van der Waals surface area contributed by atoms with Crippen molar-refractivity contribution in [2.45, 2.75) is 64.0 Å². The molecule has 0 heterocycles. The summed E-state index contributed by atoms with van der Waals surface area (Å²) in [5.74, 6) is -0.402. The van der Waals surface area contributed by atoms with Gasteiger partial charge in [-0.25, -0.2) is 0 Å². The maximum Gasteiger partial charge on any atom is 0.322 e. The molecule has 124 valence electrons. The lowest BCUT2D eigenvalue weighted by atomic mass is 10.1. The summed E-state index contributed by atoms with van der Waals surface area (Å²) in [4.78, 5) is 26.3. The van der Waals surface area contributed by atoms with E-state index in [1.165, 1.54) is 0 Å². The van der Waals surface area contributed by atoms with E-state index < -0.39 is 23.2 Å². The molecule has 0 aliphatic carbocycles. The van der Waals surface area contributed by atoms with Crippen molar-refractivity contribution in [2.24, 2.45) is 11.5 Å². The first-order chi connectivity index (χ1) is 10.0. The number of rotatable bonds is 13. The van der Waals surface area contributed by atoms with Gasteiger partial charge in [-0.05, 0) is 45.1 Å². The van der Waals surface area contributed by atoms with Gasteiger partial charge in [0.25, 0.3) is 5.09 Å². The lowest BCUT2D eigenvalue weighted by Crippen LogP contribution is -2.32. The molecule has 0 aromatic heterocycles. The maximum atomic E-state index is 11.5. The van der Waals surface area contributed by atoms with Crippen molar-refractivity contribution < 1.29 is 19.5 Å². The average molecular weight is 305 g/mol. The Morgan fingerprint density at radius 2 is 1.90 bits per heavy atom. The predicted molar refractivity (Wildman–Crippen MR) is 77.8 cm³/mol. The van der Waals surface area contributed by atoms with Crippen molar-refractivity contribution in [3.63, 3.8) is 0 Å². The van der Waals surface area contributed by atoms with Crippen LogP contribution in [0.15, 0.2) is 0 Å². The molecule has 0 amide bonds. The van der Waals surface area contributed by atoms with Crippen molar-refractivity contribution in [3.8, 4) is 0 Å². The summed E-state index contributed by atoms with van der Waals surface area (Å²) in [6.07, 6.45) is 4.31. The van der Waals surface area contributed by atoms with E-state index in [1.807, 2.05) is 6.92 Å². The minimum Gasteiger partial charge on any atom is -0.465 e. The highest BCUT2D eigenvalue weighted by atomic mass is 17.0. The van der Waals surface area contributed by atoms with E-state index in [0.717, 1.165) is 12.8 Å². The molecule has 0 fully saturated rings. The number of hydrogen-bond acceptors (Lipinski definition) is 7. The second-order valence-corrected chi connectivity index (χ2v) is 4.91. The van der Waals surface area contributed by atoms with Crippen molar-refractivity contribution in [2.75, 3.05) is 13.2 Å². The molecular weight excluding hydrogens is 278 g/mol. The van der Waals surface area contributed by atoms with Crippen LogP contribution in [0.25, 0.3) is 0 Å². The number of esters is 1. The second-order valence-electron chi connectivity index (χ2n) is 4.91. The largest absolute Gasteiger partial charge is 0.465 e. The van der Waals surface area contributed by atoms with Crippen LogP contribution in [0, 0.1) is 10.1 Å². The van der Waals surface area contributed by atoms with Gasteiger partial charge in [0, 0.05) is 0 Å². The third-order valence-corrected chi connectivity index (χ3v) is 3.13. The number of nitrogens with zero attached hydrogens (tertiary/aromatic N) is 1. The standard InChI is InChI=1S/C13H27N3O5/c1-2-11(21-16(18)19)7-4-6-10-20-13(17)12(15)8-3-5-9-14/h11-12H,2-10,14-15H2,1H3. The Kier molecular flexibility index (Phi) is 11.5. The van der Waals surface area contributed by atoms with Gasteiger partial charge in [0.05, 0.1) is 6.61 Å². The molecule has 0 aromatic rings. The summed E-state index contributed by atoms with van der Waals surface area (Å²) < 4.78 is 5.06. The first kappa shape index (κ1) is 19.6. The minimum absolute atomic E-state index is 0.276. The van der Waals surface area contributed by atoms with Crippen LogP contribution in [-0.2, 0) is 14.4 Å². The maximum absolute atomic E-state index is 11.5. The van der Waals surface area contributed by atoms with Gasteiger partial charge in [-0.15, -0.1) is 10.1 Å². The molecule has 0 bridgehead atoms. The van der Waals surface area contributed by atoms with Crippen LogP contribution in [0.1, 0.15) is 51.9 Å². The fraction of sp³-hybridized carbons (Fsp3) is 0.923. The average Bonchev–Trinajstić information content (AvgIpc) is 2.45. The Hall–Kier alpha value is -1.41. The Bertz CT molecular complexity index is 302. The molecule has 0 saturated heterocycles. The van der Waals surface area contributed by atoms with Gasteiger partial charge in [-0.2, -0.15) is 0 Å². The fourth-order valence-electron chi connectivity index (χ4n) is 1.83. The smallest absolute Gasteiger partial charge is 0.322 e. The molecule has 4 N–H and O–H groups in total. The second kappa shape index (κ2) is 12.3. The number of hydrogen-bond donors (Lipinski definition) is 2. The van der Waals surface area contributed by atoms with Crippen molar-refractivity contribution in [3.05, 3.63) is 10.1 Å². The summed E-state index contributed by atoms with van der Waals surface area (Å²) in [6, 6.07) is -0.599. The highest BCUT2D eigenvalue weighted by molar-refractivity contribution is 5.75. The molecule has 0 aliphatic heterocycles. The van der Waals surface area contributed by atoms with Crippen LogP contribution < -0.4 is 11.5 Å². The molecule has 8 nitrogen and oxygen atoms in total. The Morgan fingerprint density at radius 1 is 1.24 bits per heavy atom. The molecule has 8 heteroatoms. The first-order valence-corrected chi connectivity index (χ1v) is 7.44. The lowest BCUT2D eigenvalue weighted by Gasteiger charge is -2.13. The highest BCUT2D eigenvalue weighted by Crippen LogP contribution is 2.09. The number of carbonyl (C=O) groups excluding carboxylic acids is 1. The van der Waals surface area contributed by atoms with Gasteiger partial charge in [0.15, 0.2) is 0 Å². The Labute approximate surface area is 125 Å². The van der Waals surface area contributed by atoms with Crippen molar-refractivity contribution in [1.29, 1.82) is 0 Å². The van der Waals surface area contributed by atoms with Gasteiger partial charge >= 0.3 is 5.97 Å². The predicted octanol–water partition coefficient (Wildman–Crippen LogP) is 1.14. The monoisotopic (exact) mass is 305 g/mol. The van der Waals surface area contributed by atoms with Crippen molar-refractivity contribution in [1.82, 2.24) is 0 Å². The molecule has 0 aliphatic rings. The van der Waals surface area contributed by atoms with E-state index in [0.29, 0.717) is 38.6 Å². The van der Waals surface area contributed by atoms with E-state index in [2.05, 4.69) is 4.84 Å². The summed E-state index contributed by atoms with van der Waals surface area (Å²) in [5, 5.41) is 9.45. The van der Waals surface area contributed by atoms with Crippen molar-refractivity contribution >= 4 is 5.97 Å². The summed E-state index contributed by atoms with van der Waals surface area (Å²) in [5.41, 5.74) is 11.0. The molecule has 0 saturated carbocycles. The third kappa shape index (κ3) is 11.0. The molecule has 2 atom stereocenters. The van der Waals surface area contributed by atoms with E-state index >= 15 is 0 Å². The number of nitrogens with two attached hydrogens (primary N) is 2. The topological polar surface area (TPSA) is 131 Å². The van der Waals surface area contributed by atoms with Gasteiger partial charge in [-0.3, -0.25) is 4.79 Å². The van der Waals surface area contributed by atoms with E-state index in [9.17, 15) is 14.9 Å². The van der Waals surface area contributed by atoms with Gasteiger partial charge in [0.2, 0.25) is 0 Å². The first-order valence-electron chi connectivity index (χ1n) is 7.44. The molecule has 0 spiro atoms. The summed E-state index contributed by atoms with van der Waals surface area (Å²) in [6.45, 7) is 2.69. The molecule has 0 radical (unpaired) electrons. The SMILES string of the molecule is CCC(CCCCOC(=O)C(N)CCCCN)O[N+](=O)[O-]. The zero-order valence-corrected chi connectivity index (χ0v) is 12.7. The van der Waals surface area contributed by atoms with Crippen LogP contribution in [0.2, 0.25) is 0 Å². The normalized spacial score (nSPS) is 13.5. The van der Waals surface area contributed by atoms with Crippen LogP contribution in [0.4, 0.5) is 0 Å². The Morgan fingerprint density at radius 3 is 2.48 bits per heavy atom. The zero-order chi connectivity index (χ0) is 16.1. The van der Waals surface area contributed by atoms with Crippen LogP contribution in [0.5, 0.6) is 0 Å². The van der Waals surface area contributed by atoms with Gasteiger partial charge in [0.1, 0.15) is 12.1 Å². The van der Waals surface area contributed by atoms with Gasteiger partial charge in [-0.1, -0.05) is 13.3 Å². The number of ether oxygens (including phenoxy) is 1. The van der Waals surface area contributed by atoms with Gasteiger partial charge < -0.3 is 21.0 Å². The van der Waals surface area contributed by atoms with Crippen LogP contribution >= 0.6 is 0 Å². The Balaban J connectivity index is 3.64. The van der Waals surface area contributed by atoms with E-state index in [4.69, 9.17) is 16.2 Å². The summed E-state index contributed by atoms with van der Waals surface area (Å²) in [7, 11) is 0. The molecule has 21 heavy (non-hydrogen) atoms. The number of carbonyl (C=O) groups is 1. The summed E-state index contributed by atoms with van der Waals surface area (Å²) >= 11 is 0. The molecule has 0 aromatic carbocycles. The quantitative estimate of drug-likeness (QED) is 0.226. The third-order valence-electron chi connectivity index (χ3n) is 3.13.